The normalized spacial score (nSPS) is 10.9. The van der Waals surface area contributed by atoms with Crippen molar-refractivity contribution in [3.8, 4) is 17.2 Å². The van der Waals surface area contributed by atoms with E-state index in [-0.39, 0.29) is 0 Å². The first kappa shape index (κ1) is 12.9. The van der Waals surface area contributed by atoms with Gasteiger partial charge in [0.05, 0.1) is 18.2 Å². The zero-order valence-electron chi connectivity index (χ0n) is 11.1. The van der Waals surface area contributed by atoms with E-state index in [1.165, 1.54) is 6.21 Å². The van der Waals surface area contributed by atoms with Crippen LogP contribution < -0.4 is 4.74 Å². The number of rotatable bonds is 4. The van der Waals surface area contributed by atoms with E-state index in [9.17, 15) is 0 Å². The van der Waals surface area contributed by atoms with Crippen molar-refractivity contribution in [2.45, 2.75) is 0 Å². The molecule has 2 aromatic carbocycles. The second-order valence-electron chi connectivity index (χ2n) is 4.36. The molecule has 0 saturated carbocycles. The molecule has 104 valence electrons. The zero-order chi connectivity index (χ0) is 14.5. The van der Waals surface area contributed by atoms with Gasteiger partial charge in [-0.15, -0.1) is 0 Å². The molecule has 0 spiro atoms. The van der Waals surface area contributed by atoms with Crippen LogP contribution in [0.15, 0.2) is 72.3 Å². The minimum Gasteiger partial charge on any atom is -0.457 e. The minimum absolute atomic E-state index is 0.576. The van der Waals surface area contributed by atoms with Crippen LogP contribution >= 0.6 is 0 Å². The summed E-state index contributed by atoms with van der Waals surface area (Å²) in [5.74, 6) is 1.53. The molecule has 1 N–H and O–H groups in total. The summed E-state index contributed by atoms with van der Waals surface area (Å²) in [4.78, 5) is 4.11. The van der Waals surface area contributed by atoms with Crippen molar-refractivity contribution in [3.63, 3.8) is 0 Å². The number of benzene rings is 2. The predicted octanol–water partition coefficient (Wildman–Crippen LogP) is 3.47. The zero-order valence-corrected chi connectivity index (χ0v) is 11.1. The van der Waals surface area contributed by atoms with E-state index >= 15 is 0 Å². The van der Waals surface area contributed by atoms with Crippen LogP contribution in [0.2, 0.25) is 0 Å². The van der Waals surface area contributed by atoms with Gasteiger partial charge >= 0.3 is 0 Å². The summed E-state index contributed by atoms with van der Waals surface area (Å²) in [7, 11) is 0. The fourth-order valence-corrected chi connectivity index (χ4v) is 1.94. The van der Waals surface area contributed by atoms with E-state index in [1.54, 1.807) is 12.5 Å². The highest BCUT2D eigenvalue weighted by Gasteiger charge is 2.02. The van der Waals surface area contributed by atoms with Gasteiger partial charge in [0.15, 0.2) is 0 Å². The second kappa shape index (κ2) is 5.92. The topological polar surface area (TPSA) is 59.6 Å². The fraction of sp³-hybridized carbons (Fsp3) is 0. The van der Waals surface area contributed by atoms with Crippen LogP contribution in [0.25, 0.3) is 5.69 Å². The van der Waals surface area contributed by atoms with Crippen molar-refractivity contribution < 1.29 is 9.94 Å². The van der Waals surface area contributed by atoms with Gasteiger partial charge in [-0.3, -0.25) is 0 Å². The largest absolute Gasteiger partial charge is 0.457 e. The monoisotopic (exact) mass is 279 g/mol. The third-order valence-electron chi connectivity index (χ3n) is 2.89. The number of para-hydroxylation sites is 1. The van der Waals surface area contributed by atoms with E-state index in [4.69, 9.17) is 9.94 Å². The average Bonchev–Trinajstić information content (AvgIpc) is 2.98. The maximum Gasteiger partial charge on any atom is 0.129 e. The molecule has 21 heavy (non-hydrogen) atoms. The van der Waals surface area contributed by atoms with Gasteiger partial charge in [0, 0.05) is 12.3 Å². The lowest BCUT2D eigenvalue weighted by atomic mass is 10.3. The molecular formula is C16H13N3O2. The van der Waals surface area contributed by atoms with Crippen LogP contribution in [0.3, 0.4) is 0 Å². The molecule has 0 aliphatic carbocycles. The number of hydrogen-bond acceptors (Lipinski definition) is 4. The molecule has 0 unspecified atom stereocenters. The summed E-state index contributed by atoms with van der Waals surface area (Å²) >= 11 is 0. The molecule has 1 aromatic heterocycles. The molecule has 0 bridgehead atoms. The van der Waals surface area contributed by atoms with Crippen LogP contribution in [-0.4, -0.2) is 21.0 Å². The van der Waals surface area contributed by atoms with Gasteiger partial charge in [-0.1, -0.05) is 29.4 Å². The van der Waals surface area contributed by atoms with Crippen molar-refractivity contribution in [2.24, 2.45) is 5.16 Å². The highest BCUT2D eigenvalue weighted by molar-refractivity contribution is 5.76. The Labute approximate surface area is 121 Å². The maximum absolute atomic E-state index is 8.51. The summed E-state index contributed by atoms with van der Waals surface area (Å²) in [5, 5.41) is 11.5. The van der Waals surface area contributed by atoms with E-state index in [2.05, 4.69) is 10.1 Å². The van der Waals surface area contributed by atoms with E-state index in [0.29, 0.717) is 5.69 Å². The van der Waals surface area contributed by atoms with E-state index in [0.717, 1.165) is 17.2 Å². The molecule has 5 nitrogen and oxygen atoms in total. The molecule has 0 fully saturated rings. The SMILES string of the molecule is ON=Cc1cn(-c2cccc(Oc3ccccc3)c2)cn1. The number of hydrogen-bond donors (Lipinski definition) is 1. The van der Waals surface area contributed by atoms with Crippen molar-refractivity contribution in [1.82, 2.24) is 9.55 Å². The van der Waals surface area contributed by atoms with Crippen molar-refractivity contribution in [2.75, 3.05) is 0 Å². The number of oxime groups is 1. The first-order valence-electron chi connectivity index (χ1n) is 6.40. The molecule has 0 atom stereocenters. The molecule has 5 heteroatoms. The first-order valence-corrected chi connectivity index (χ1v) is 6.40. The van der Waals surface area contributed by atoms with E-state index < -0.39 is 0 Å². The Morgan fingerprint density at radius 1 is 1.05 bits per heavy atom. The summed E-state index contributed by atoms with van der Waals surface area (Å²) in [6.07, 6.45) is 4.70. The van der Waals surface area contributed by atoms with Crippen molar-refractivity contribution >= 4 is 6.21 Å². The molecule has 0 radical (unpaired) electrons. The molecule has 0 saturated heterocycles. The van der Waals surface area contributed by atoms with Gasteiger partial charge in [-0.25, -0.2) is 4.98 Å². The van der Waals surface area contributed by atoms with Gasteiger partial charge in [0.1, 0.15) is 17.2 Å². The molecule has 0 amide bonds. The maximum atomic E-state index is 8.51. The Kier molecular flexibility index (Phi) is 3.64. The Bertz CT molecular complexity index is 751. The third kappa shape index (κ3) is 3.09. The lowest BCUT2D eigenvalue weighted by Crippen LogP contribution is -1.91. The molecule has 3 rings (SSSR count). The summed E-state index contributed by atoms with van der Waals surface area (Å²) in [6.45, 7) is 0. The van der Waals surface area contributed by atoms with Gasteiger partial charge in [-0.2, -0.15) is 0 Å². The van der Waals surface area contributed by atoms with Gasteiger partial charge < -0.3 is 14.5 Å². The van der Waals surface area contributed by atoms with Gasteiger partial charge in [-0.05, 0) is 24.3 Å². The highest BCUT2D eigenvalue weighted by Crippen LogP contribution is 2.23. The Balaban J connectivity index is 1.85. The molecule has 3 aromatic rings. The Morgan fingerprint density at radius 3 is 2.67 bits per heavy atom. The van der Waals surface area contributed by atoms with Gasteiger partial charge in [0.2, 0.25) is 0 Å². The first-order chi connectivity index (χ1) is 10.3. The minimum atomic E-state index is 0.576. The molecular weight excluding hydrogens is 266 g/mol. The molecule has 0 aliphatic heterocycles. The molecule has 1 heterocycles. The quantitative estimate of drug-likeness (QED) is 0.452. The Morgan fingerprint density at radius 2 is 1.86 bits per heavy atom. The smallest absolute Gasteiger partial charge is 0.129 e. The lowest BCUT2D eigenvalue weighted by molar-refractivity contribution is 0.321. The van der Waals surface area contributed by atoms with Crippen LogP contribution in [0, 0.1) is 0 Å². The fourth-order valence-electron chi connectivity index (χ4n) is 1.94. The lowest BCUT2D eigenvalue weighted by Gasteiger charge is -2.07. The van der Waals surface area contributed by atoms with Crippen LogP contribution in [0.4, 0.5) is 0 Å². The van der Waals surface area contributed by atoms with E-state index in [1.807, 2.05) is 59.2 Å². The van der Waals surface area contributed by atoms with Crippen LogP contribution in [0.5, 0.6) is 11.5 Å². The van der Waals surface area contributed by atoms with Gasteiger partial charge in [0.25, 0.3) is 0 Å². The van der Waals surface area contributed by atoms with Crippen molar-refractivity contribution in [1.29, 1.82) is 0 Å². The standard InChI is InChI=1S/C16H13N3O2/c20-18-10-13-11-19(12-17-13)14-5-4-8-16(9-14)21-15-6-2-1-3-7-15/h1-12,20H. The average molecular weight is 279 g/mol. The summed E-state index contributed by atoms with van der Waals surface area (Å²) in [6, 6.07) is 17.3. The summed E-state index contributed by atoms with van der Waals surface area (Å²) < 4.78 is 7.62. The predicted molar refractivity (Wildman–Crippen MR) is 79.5 cm³/mol. The number of nitrogens with zero attached hydrogens (tertiary/aromatic N) is 3. The summed E-state index contributed by atoms with van der Waals surface area (Å²) in [5.41, 5.74) is 1.49. The van der Waals surface area contributed by atoms with Crippen LogP contribution in [-0.2, 0) is 0 Å². The van der Waals surface area contributed by atoms with Crippen LogP contribution in [0.1, 0.15) is 5.69 Å². The second-order valence-corrected chi connectivity index (χ2v) is 4.36. The number of aromatic nitrogens is 2. The van der Waals surface area contributed by atoms with Crippen molar-refractivity contribution in [3.05, 3.63) is 72.8 Å². The number of ether oxygens (including phenoxy) is 1. The number of imidazole rings is 1. The Hall–Kier alpha value is -3.08. The highest BCUT2D eigenvalue weighted by atomic mass is 16.5. The third-order valence-corrected chi connectivity index (χ3v) is 2.89. The molecule has 0 aliphatic rings.